The van der Waals surface area contributed by atoms with Gasteiger partial charge in [-0.3, -0.25) is 19.9 Å². The van der Waals surface area contributed by atoms with Gasteiger partial charge < -0.3 is 0 Å². The van der Waals surface area contributed by atoms with Gasteiger partial charge >= 0.3 is 5.82 Å². The molecule has 0 radical (unpaired) electrons. The molecule has 10 nitrogen and oxygen atoms in total. The summed E-state index contributed by atoms with van der Waals surface area (Å²) in [4.78, 5) is 23.9. The SMILES string of the molecule is Cc1cc(C)c(C)c(-c2cc3nc(C(C)C)ccc3c[n+]2C)c1.Cc1cc(C)c(C)c(-c2cc3nc(CC(C)C)ccc3c[n+]2C)c1.Cc1cc(C)c(C)c(-c2cc3nccc(C(C)C)c3c[n+]2C)c1.Cc1cc(C)c(C)c(-c2cc3ncccc3c[n+]2C)c1.Cc1cc(C)c(C)c(-c2nc3cccc(CC(C)C)c3c[n+]2C)c1. The van der Waals surface area contributed by atoms with Crippen molar-refractivity contribution in [3.05, 3.63) is 295 Å². The number of benzene rings is 6. The Hall–Kier alpha value is -11.1. The summed E-state index contributed by atoms with van der Waals surface area (Å²) < 4.78 is 11.0. The van der Waals surface area contributed by atoms with Crippen LogP contribution in [0.15, 0.2) is 189 Å². The highest BCUT2D eigenvalue weighted by molar-refractivity contribution is 5.86. The second-order valence-corrected chi connectivity index (χ2v) is 34.0. The minimum atomic E-state index is 0.444. The van der Waals surface area contributed by atoms with E-state index in [1.54, 1.807) is 0 Å². The van der Waals surface area contributed by atoms with Crippen LogP contribution in [0.1, 0.15) is 173 Å². The minimum absolute atomic E-state index is 0.444. The Labute approximate surface area is 680 Å². The highest BCUT2D eigenvalue weighted by atomic mass is 15.0. The zero-order valence-electron chi connectivity index (χ0n) is 73.6. The van der Waals surface area contributed by atoms with Crippen molar-refractivity contribution >= 4 is 54.5 Å². The van der Waals surface area contributed by atoms with Gasteiger partial charge in [-0.1, -0.05) is 120 Å². The van der Waals surface area contributed by atoms with Crippen molar-refractivity contribution in [2.24, 2.45) is 47.1 Å². The van der Waals surface area contributed by atoms with E-state index in [0.29, 0.717) is 23.7 Å². The fourth-order valence-electron chi connectivity index (χ4n) is 16.0. The molecule has 0 saturated carbocycles. The molecule has 15 rings (SSSR count). The number of aryl methyl sites for hydroxylation is 15. The zero-order chi connectivity index (χ0) is 82.6. The van der Waals surface area contributed by atoms with Gasteiger partial charge in [-0.15, -0.1) is 0 Å². The van der Waals surface area contributed by atoms with Crippen LogP contribution in [-0.2, 0) is 48.1 Å². The van der Waals surface area contributed by atoms with Crippen molar-refractivity contribution in [1.29, 1.82) is 0 Å². The molecule has 0 saturated heterocycles. The van der Waals surface area contributed by atoms with E-state index in [1.807, 2.05) is 18.5 Å². The Morgan fingerprint density at radius 2 is 0.693 bits per heavy atom. The third-order valence-electron chi connectivity index (χ3n) is 22.8. The molecule has 10 heteroatoms. The van der Waals surface area contributed by atoms with Gasteiger partial charge in [-0.2, -0.15) is 0 Å². The highest BCUT2D eigenvalue weighted by Gasteiger charge is 2.25. The van der Waals surface area contributed by atoms with Crippen LogP contribution < -0.4 is 22.8 Å². The second-order valence-electron chi connectivity index (χ2n) is 34.0. The van der Waals surface area contributed by atoms with Crippen molar-refractivity contribution in [2.75, 3.05) is 0 Å². The maximum atomic E-state index is 5.02. The van der Waals surface area contributed by atoms with Crippen LogP contribution in [0.3, 0.4) is 0 Å². The molecule has 114 heavy (non-hydrogen) atoms. The summed E-state index contributed by atoms with van der Waals surface area (Å²) in [6.07, 6.45) is 16.9. The van der Waals surface area contributed by atoms with Crippen LogP contribution in [0.2, 0.25) is 0 Å². The molecule has 0 unspecified atom stereocenters. The van der Waals surface area contributed by atoms with E-state index in [-0.39, 0.29) is 0 Å². The van der Waals surface area contributed by atoms with Crippen LogP contribution in [0, 0.1) is 116 Å². The van der Waals surface area contributed by atoms with Gasteiger partial charge in [-0.05, 0) is 297 Å². The van der Waals surface area contributed by atoms with E-state index in [1.165, 1.54) is 178 Å². The van der Waals surface area contributed by atoms with Crippen molar-refractivity contribution in [3.63, 3.8) is 0 Å². The third kappa shape index (κ3) is 19.1. The number of hydrogen-bond acceptors (Lipinski definition) is 5. The molecule has 0 aliphatic carbocycles. The van der Waals surface area contributed by atoms with E-state index < -0.39 is 0 Å². The summed E-state index contributed by atoms with van der Waals surface area (Å²) in [6.45, 7) is 50.5. The van der Waals surface area contributed by atoms with E-state index in [9.17, 15) is 0 Å². The summed E-state index contributed by atoms with van der Waals surface area (Å²) in [5.74, 6) is 3.24. The van der Waals surface area contributed by atoms with Crippen molar-refractivity contribution in [3.8, 4) is 56.4 Å². The van der Waals surface area contributed by atoms with Crippen molar-refractivity contribution < 1.29 is 22.8 Å². The topological polar surface area (TPSA) is 83.8 Å². The average molecular weight is 1510 g/mol. The summed E-state index contributed by atoms with van der Waals surface area (Å²) >= 11 is 0. The van der Waals surface area contributed by atoms with Gasteiger partial charge in [0.1, 0.15) is 34.4 Å². The van der Waals surface area contributed by atoms with Crippen molar-refractivity contribution in [2.45, 2.75) is 184 Å². The minimum Gasteiger partial charge on any atom is -0.256 e. The van der Waals surface area contributed by atoms with Crippen molar-refractivity contribution in [1.82, 2.24) is 24.9 Å². The summed E-state index contributed by atoms with van der Waals surface area (Å²) in [5, 5.41) is 6.05. The lowest BCUT2D eigenvalue weighted by atomic mass is 9.95. The summed E-state index contributed by atoms with van der Waals surface area (Å²) in [7, 11) is 10.6. The molecular formula is C104H123N10+5. The Morgan fingerprint density at radius 3 is 1.15 bits per heavy atom. The molecule has 584 valence electrons. The van der Waals surface area contributed by atoms with Crippen LogP contribution in [0.25, 0.3) is 111 Å². The number of rotatable bonds is 11. The van der Waals surface area contributed by atoms with Gasteiger partial charge in [0, 0.05) is 70.3 Å². The first-order chi connectivity index (χ1) is 54.0. The smallest absolute Gasteiger partial charge is 0.256 e. The Balaban J connectivity index is 0.000000141. The average Bonchev–Trinajstić information content (AvgIpc) is 0.823. The predicted octanol–water partition coefficient (Wildman–Crippen LogP) is 22.9. The second kappa shape index (κ2) is 35.5. The van der Waals surface area contributed by atoms with Gasteiger partial charge in [-0.25, -0.2) is 22.8 Å². The molecule has 0 N–H and O–H groups in total. The van der Waals surface area contributed by atoms with Crippen LogP contribution in [0.5, 0.6) is 0 Å². The number of hydrogen-bond donors (Lipinski definition) is 0. The Morgan fingerprint density at radius 1 is 0.298 bits per heavy atom. The molecule has 0 aliphatic rings. The lowest BCUT2D eigenvalue weighted by Crippen LogP contribution is -2.32. The maximum absolute atomic E-state index is 5.02. The molecule has 9 aromatic heterocycles. The van der Waals surface area contributed by atoms with Gasteiger partial charge in [0.25, 0.3) is 0 Å². The molecule has 0 spiro atoms. The van der Waals surface area contributed by atoms with Gasteiger partial charge in [0.2, 0.25) is 22.8 Å². The van der Waals surface area contributed by atoms with Crippen LogP contribution in [-0.4, -0.2) is 24.9 Å². The number of fused-ring (bicyclic) bond motifs is 5. The molecule has 0 bridgehead atoms. The quantitative estimate of drug-likeness (QED) is 0.121. The lowest BCUT2D eigenvalue weighted by molar-refractivity contribution is -0.661. The third-order valence-corrected chi connectivity index (χ3v) is 22.8. The Bertz CT molecular complexity index is 6000. The molecule has 0 aliphatic heterocycles. The van der Waals surface area contributed by atoms with E-state index in [0.717, 1.165) is 51.9 Å². The zero-order valence-corrected chi connectivity index (χ0v) is 73.6. The monoisotopic (exact) mass is 1510 g/mol. The summed E-state index contributed by atoms with van der Waals surface area (Å²) in [6, 6.07) is 52.8. The molecule has 0 atom stereocenters. The normalized spacial score (nSPS) is 11.4. The molecule has 0 fully saturated rings. The van der Waals surface area contributed by atoms with E-state index >= 15 is 0 Å². The number of pyridine rings is 8. The number of aromatic nitrogens is 10. The largest absolute Gasteiger partial charge is 0.331 e. The maximum Gasteiger partial charge on any atom is 0.331 e. The number of nitrogens with zero attached hydrogens (tertiary/aromatic N) is 10. The fourth-order valence-corrected chi connectivity index (χ4v) is 16.0. The van der Waals surface area contributed by atoms with E-state index in [4.69, 9.17) is 15.0 Å². The fraction of sp³-hybridized carbons (Fsp3) is 0.327. The first-order valence-electron chi connectivity index (χ1n) is 40.8. The highest BCUT2D eigenvalue weighted by Crippen LogP contribution is 2.34. The standard InChI is InChI=1S/2C22H27N2.2C21H25N2.C18H19N2/c1-14(2)9-19-8-7-18-13-24(6)22(12-21(18)23-19)20-11-15(3)10-16(4)17(20)5;1-14(2)10-18-8-7-9-21-20(18)13-24(6)22(23-21)19-12-15(3)11-16(4)17(19)5;1-13(2)17-7-8-22-20-11-21(23(6)12-19(17)20)18-10-14(3)9-15(4)16(18)5;1-13(2)19-8-7-17-12-23(6)21(11-20(17)22-19)18-10-14(3)9-15(4)16(18)5;1-12-8-13(2)14(3)16(9-12)18-10-17-15(11-20(18)4)6-5-7-19-17/h7-8,10-14H,9H2,1-6H3;7-9,11-14H,10H2,1-6H3;2*7-13H,1-6H3;5-11H,1-4H3/q5*+1. The van der Waals surface area contributed by atoms with Gasteiger partial charge in [0.05, 0.1) is 61.6 Å². The first-order valence-corrected chi connectivity index (χ1v) is 40.8. The molecule has 9 heterocycles. The van der Waals surface area contributed by atoms with E-state index in [2.05, 4.69) is 398 Å². The molecular weight excluding hydrogens is 1390 g/mol. The predicted molar refractivity (Wildman–Crippen MR) is 478 cm³/mol. The van der Waals surface area contributed by atoms with Crippen LogP contribution >= 0.6 is 0 Å². The van der Waals surface area contributed by atoms with Crippen LogP contribution in [0.4, 0.5) is 0 Å². The van der Waals surface area contributed by atoms with Gasteiger partial charge in [0.15, 0.2) is 30.3 Å². The lowest BCUT2D eigenvalue weighted by Gasteiger charge is -2.12. The molecule has 6 aromatic carbocycles. The molecule has 15 aromatic rings. The Kier molecular flexibility index (Phi) is 26.1. The summed E-state index contributed by atoms with van der Waals surface area (Å²) in [5.41, 5.74) is 41.5. The molecule has 0 amide bonds. The first kappa shape index (κ1) is 83.8.